The van der Waals surface area contributed by atoms with Crippen LogP contribution in [0.4, 0.5) is 24.1 Å². The van der Waals surface area contributed by atoms with E-state index in [1.54, 1.807) is 71.9 Å². The fourth-order valence-corrected chi connectivity index (χ4v) is 5.16. The molecular formula is C28H32F2N8O5. The Morgan fingerprint density at radius 2 is 1.86 bits per heavy atom. The lowest BCUT2D eigenvalue weighted by Gasteiger charge is -2.41. The maximum Gasteiger partial charge on any atom is 0.510 e. The summed E-state index contributed by atoms with van der Waals surface area (Å²) in [5.41, 5.74) is -0.801. The summed E-state index contributed by atoms with van der Waals surface area (Å²) in [5.74, 6) is -1.76. The van der Waals surface area contributed by atoms with Gasteiger partial charge in [-0.2, -0.15) is 5.10 Å². The summed E-state index contributed by atoms with van der Waals surface area (Å²) >= 11 is 0. The van der Waals surface area contributed by atoms with E-state index < -0.39 is 35.7 Å². The molecule has 1 fully saturated rings. The summed E-state index contributed by atoms with van der Waals surface area (Å²) in [7, 11) is 0. The minimum absolute atomic E-state index is 0.0800. The van der Waals surface area contributed by atoms with Crippen LogP contribution in [0.5, 0.6) is 0 Å². The van der Waals surface area contributed by atoms with Crippen molar-refractivity contribution < 1.29 is 33.0 Å². The number of rotatable bonds is 10. The van der Waals surface area contributed by atoms with E-state index in [0.29, 0.717) is 18.3 Å². The number of carbonyl (C=O) groups is 2. The molecular weight excluding hydrogens is 566 g/mol. The molecule has 1 N–H and O–H groups in total. The zero-order chi connectivity index (χ0) is 30.7. The Labute approximate surface area is 246 Å². The first-order valence-electron chi connectivity index (χ1n) is 13.7. The molecule has 0 aliphatic carbocycles. The van der Waals surface area contributed by atoms with Crippen LogP contribution < -0.4 is 4.90 Å². The maximum absolute atomic E-state index is 15.2. The summed E-state index contributed by atoms with van der Waals surface area (Å²) in [6.07, 6.45) is 3.09. The van der Waals surface area contributed by atoms with Crippen LogP contribution in [0, 0.1) is 11.6 Å². The van der Waals surface area contributed by atoms with E-state index >= 15 is 4.39 Å². The second-order valence-electron chi connectivity index (χ2n) is 10.2. The maximum atomic E-state index is 15.2. The molecule has 2 aliphatic heterocycles. The number of carbonyl (C=O) groups excluding carboxylic acids is 2. The second-order valence-corrected chi connectivity index (χ2v) is 10.2. The van der Waals surface area contributed by atoms with Crippen LogP contribution in [-0.4, -0.2) is 98.6 Å². The summed E-state index contributed by atoms with van der Waals surface area (Å²) in [4.78, 5) is 30.0. The number of urea groups is 1. The van der Waals surface area contributed by atoms with Gasteiger partial charge in [0.2, 0.25) is 0 Å². The standard InChI is InChI=1S/C28H32F2N8O5/c1-4-42-27(40)43-20(3)34-17-32-35(18-34)16-28(41,24-10-5-21(29)15-25(24)30)19(2)36-13-14-37(26(36)39)22-6-8-23(9-7-22)38-12-11-31-33-38/h5-12,15,17,19-20,41H,4,13-14,16,18H2,1-3H3/t19-,20?,28-/m1/s1. The lowest BCUT2D eigenvalue weighted by atomic mass is 9.85. The van der Waals surface area contributed by atoms with Gasteiger partial charge in [-0.05, 0) is 51.1 Å². The highest BCUT2D eigenvalue weighted by molar-refractivity contribution is 5.94. The molecule has 0 bridgehead atoms. The molecule has 1 unspecified atom stereocenters. The molecule has 43 heavy (non-hydrogen) atoms. The highest BCUT2D eigenvalue weighted by atomic mass is 19.1. The molecule has 0 spiro atoms. The van der Waals surface area contributed by atoms with Gasteiger partial charge in [-0.15, -0.1) is 5.10 Å². The largest absolute Gasteiger partial charge is 0.510 e. The van der Waals surface area contributed by atoms with Crippen LogP contribution in [0.15, 0.2) is 60.0 Å². The average molecular weight is 599 g/mol. The fourth-order valence-electron chi connectivity index (χ4n) is 5.16. The lowest BCUT2D eigenvalue weighted by molar-refractivity contribution is -0.0658. The molecule has 3 atom stereocenters. The quantitative estimate of drug-likeness (QED) is 0.350. The summed E-state index contributed by atoms with van der Waals surface area (Å²) in [5, 5.41) is 25.7. The minimum Gasteiger partial charge on any atom is -0.435 e. The molecule has 2 aliphatic rings. The number of aliphatic hydroxyl groups is 1. The topological polar surface area (TPSA) is 129 Å². The highest BCUT2D eigenvalue weighted by Gasteiger charge is 2.47. The third-order valence-corrected chi connectivity index (χ3v) is 7.56. The van der Waals surface area contributed by atoms with Crippen LogP contribution in [0.2, 0.25) is 0 Å². The normalized spacial score (nSPS) is 17.8. The van der Waals surface area contributed by atoms with Crippen molar-refractivity contribution in [3.05, 3.63) is 72.1 Å². The van der Waals surface area contributed by atoms with E-state index in [2.05, 4.69) is 15.4 Å². The van der Waals surface area contributed by atoms with Crippen molar-refractivity contribution in [2.75, 3.05) is 37.8 Å². The molecule has 0 radical (unpaired) electrons. The fraction of sp³-hybridized carbons (Fsp3) is 0.393. The molecule has 13 nitrogen and oxygen atoms in total. The Morgan fingerprint density at radius 1 is 1.12 bits per heavy atom. The molecule has 3 heterocycles. The van der Waals surface area contributed by atoms with Gasteiger partial charge in [-0.1, -0.05) is 11.3 Å². The Hall–Kier alpha value is -4.79. The van der Waals surface area contributed by atoms with Gasteiger partial charge in [0.05, 0.1) is 37.3 Å². The lowest BCUT2D eigenvalue weighted by Crippen LogP contribution is -2.55. The number of nitrogens with zero attached hydrogens (tertiary/aromatic N) is 8. The van der Waals surface area contributed by atoms with Gasteiger partial charge in [0.1, 0.15) is 30.2 Å². The average Bonchev–Trinajstić information content (AvgIpc) is 3.75. The number of amides is 2. The molecule has 1 aromatic heterocycles. The monoisotopic (exact) mass is 598 g/mol. The van der Waals surface area contributed by atoms with Crippen molar-refractivity contribution in [2.45, 2.75) is 38.6 Å². The number of benzene rings is 2. The van der Waals surface area contributed by atoms with Crippen LogP contribution in [0.3, 0.4) is 0 Å². The summed E-state index contributed by atoms with van der Waals surface area (Å²) < 4.78 is 40.7. The smallest absolute Gasteiger partial charge is 0.435 e. The summed E-state index contributed by atoms with van der Waals surface area (Å²) in [6, 6.07) is 8.74. The van der Waals surface area contributed by atoms with E-state index in [0.717, 1.165) is 11.8 Å². The predicted molar refractivity (Wildman–Crippen MR) is 150 cm³/mol. The minimum atomic E-state index is -2.01. The Bertz CT molecular complexity index is 1470. The van der Waals surface area contributed by atoms with Crippen molar-refractivity contribution in [1.82, 2.24) is 29.8 Å². The van der Waals surface area contributed by atoms with Gasteiger partial charge >= 0.3 is 12.2 Å². The van der Waals surface area contributed by atoms with Crippen molar-refractivity contribution in [3.8, 4) is 5.69 Å². The first-order valence-corrected chi connectivity index (χ1v) is 13.7. The first-order chi connectivity index (χ1) is 20.6. The van der Waals surface area contributed by atoms with Gasteiger partial charge in [-0.3, -0.25) is 9.91 Å². The van der Waals surface area contributed by atoms with Gasteiger partial charge in [-0.25, -0.2) is 23.1 Å². The van der Waals surface area contributed by atoms with E-state index in [4.69, 9.17) is 9.47 Å². The Balaban J connectivity index is 1.35. The summed E-state index contributed by atoms with van der Waals surface area (Å²) in [6.45, 7) is 5.44. The Morgan fingerprint density at radius 3 is 2.53 bits per heavy atom. The molecule has 1 saturated heterocycles. The van der Waals surface area contributed by atoms with Gasteiger partial charge in [0, 0.05) is 30.4 Å². The molecule has 228 valence electrons. The van der Waals surface area contributed by atoms with Crippen molar-refractivity contribution in [3.63, 3.8) is 0 Å². The van der Waals surface area contributed by atoms with E-state index in [-0.39, 0.29) is 38.0 Å². The van der Waals surface area contributed by atoms with E-state index in [9.17, 15) is 19.1 Å². The van der Waals surface area contributed by atoms with Crippen LogP contribution >= 0.6 is 0 Å². The number of halogens is 2. The van der Waals surface area contributed by atoms with Gasteiger partial charge < -0.3 is 24.4 Å². The second kappa shape index (κ2) is 12.2. The number of hydrogen-bond donors (Lipinski definition) is 1. The third-order valence-electron chi connectivity index (χ3n) is 7.56. The van der Waals surface area contributed by atoms with E-state index in [1.807, 2.05) is 0 Å². The van der Waals surface area contributed by atoms with Crippen molar-refractivity contribution >= 4 is 24.2 Å². The van der Waals surface area contributed by atoms with Crippen LogP contribution in [-0.2, 0) is 15.1 Å². The highest BCUT2D eigenvalue weighted by Crippen LogP contribution is 2.35. The Kier molecular flexibility index (Phi) is 8.43. The van der Waals surface area contributed by atoms with Crippen LogP contribution in [0.1, 0.15) is 26.3 Å². The van der Waals surface area contributed by atoms with Gasteiger partial charge in [0.15, 0.2) is 6.23 Å². The third kappa shape index (κ3) is 6.07. The van der Waals surface area contributed by atoms with Crippen molar-refractivity contribution in [2.24, 2.45) is 5.10 Å². The first kappa shape index (κ1) is 29.7. The number of β-amino-alcohol motifs (C(OH)–C–C–N with tert-alkyl or cyclic N) is 1. The molecule has 5 rings (SSSR count). The molecule has 2 aromatic carbocycles. The zero-order valence-corrected chi connectivity index (χ0v) is 23.9. The molecule has 15 heteroatoms. The zero-order valence-electron chi connectivity index (χ0n) is 23.9. The van der Waals surface area contributed by atoms with Gasteiger partial charge in [0.25, 0.3) is 0 Å². The van der Waals surface area contributed by atoms with Crippen LogP contribution in [0.25, 0.3) is 5.69 Å². The predicted octanol–water partition coefficient (Wildman–Crippen LogP) is 3.10. The number of aromatic nitrogens is 3. The van der Waals surface area contributed by atoms with Crippen molar-refractivity contribution in [1.29, 1.82) is 0 Å². The number of ether oxygens (including phenoxy) is 2. The number of anilines is 1. The number of hydrazone groups is 1. The SMILES string of the molecule is CCOC(=O)OC(C)N1C=NN(C[C@](O)(c2ccc(F)cc2F)[C@@H](C)N2CCN(c3ccc(-n4ccnn4)cc3)C2=O)C1. The molecule has 0 saturated carbocycles. The molecule has 2 amide bonds. The molecule has 3 aromatic rings. The number of hydrogen-bond acceptors (Lipinski definition) is 10. The van der Waals surface area contributed by atoms with E-state index in [1.165, 1.54) is 22.3 Å².